The van der Waals surface area contributed by atoms with E-state index in [1.165, 1.54) is 35.2 Å². The van der Waals surface area contributed by atoms with E-state index in [1.54, 1.807) is 35.2 Å². The van der Waals surface area contributed by atoms with Crippen LogP contribution in [0.5, 0.6) is 0 Å². The molecule has 202 valence electrons. The van der Waals surface area contributed by atoms with E-state index in [9.17, 15) is 26.4 Å². The first-order valence-electron chi connectivity index (χ1n) is 11.6. The van der Waals surface area contributed by atoms with Gasteiger partial charge in [0, 0.05) is 48.5 Å². The van der Waals surface area contributed by atoms with Gasteiger partial charge in [-0.15, -0.1) is 0 Å². The lowest BCUT2D eigenvalue weighted by Crippen LogP contribution is -2.51. The Hall–Kier alpha value is -2.79. The summed E-state index contributed by atoms with van der Waals surface area (Å²) in [5.74, 6) is -0.418. The van der Waals surface area contributed by atoms with Crippen LogP contribution in [0.1, 0.15) is 11.1 Å². The van der Waals surface area contributed by atoms with Crippen LogP contribution < -0.4 is 4.90 Å². The third kappa shape index (κ3) is 6.61. The lowest BCUT2D eigenvalue weighted by atomic mass is 10.1. The number of sulfonamides is 1. The summed E-state index contributed by atoms with van der Waals surface area (Å²) < 4.78 is 67.4. The number of carbonyl (C=O) groups is 1. The van der Waals surface area contributed by atoms with E-state index < -0.39 is 34.2 Å². The topological polar surface area (TPSA) is 60.9 Å². The quantitative estimate of drug-likeness (QED) is 0.364. The molecule has 38 heavy (non-hydrogen) atoms. The average Bonchev–Trinajstić information content (AvgIpc) is 2.89. The lowest BCUT2D eigenvalue weighted by molar-refractivity contribution is -0.137. The SMILES string of the molecule is O=C(CN(Cc1ccccc1Cl)S(=O)(=O)c1ccc(Cl)cc1)N1CCN(c2cccc(C(F)(F)F)c2)CC1. The second kappa shape index (κ2) is 11.5. The first-order chi connectivity index (χ1) is 17.9. The molecule has 1 saturated heterocycles. The smallest absolute Gasteiger partial charge is 0.368 e. The second-order valence-corrected chi connectivity index (χ2v) is 11.5. The van der Waals surface area contributed by atoms with E-state index in [0.717, 1.165) is 16.4 Å². The monoisotopic (exact) mass is 585 g/mol. The Balaban J connectivity index is 1.49. The predicted molar refractivity (Wildman–Crippen MR) is 141 cm³/mol. The number of carbonyl (C=O) groups excluding carboxylic acids is 1. The standard InChI is InChI=1S/C26H24Cl2F3N3O3S/c27-21-8-10-23(11-9-21)38(36,37)34(17-19-4-1-2-7-24(19)28)18-25(35)33-14-12-32(13-15-33)22-6-3-5-20(16-22)26(29,30)31/h1-11,16H,12-15,17-18H2. The van der Waals surface area contributed by atoms with Crippen molar-refractivity contribution >= 4 is 44.8 Å². The van der Waals surface area contributed by atoms with Crippen molar-refractivity contribution < 1.29 is 26.4 Å². The van der Waals surface area contributed by atoms with Gasteiger partial charge < -0.3 is 9.80 Å². The van der Waals surface area contributed by atoms with Crippen LogP contribution in [-0.2, 0) is 27.5 Å². The normalized spacial score (nSPS) is 14.7. The Kier molecular flexibility index (Phi) is 8.56. The van der Waals surface area contributed by atoms with Gasteiger partial charge in [-0.3, -0.25) is 4.79 Å². The van der Waals surface area contributed by atoms with E-state index in [-0.39, 0.29) is 24.5 Å². The zero-order valence-corrected chi connectivity index (χ0v) is 22.4. The van der Waals surface area contributed by atoms with Gasteiger partial charge in [0.05, 0.1) is 17.0 Å². The molecule has 0 aromatic heterocycles. The summed E-state index contributed by atoms with van der Waals surface area (Å²) in [4.78, 5) is 16.5. The molecule has 1 fully saturated rings. The highest BCUT2D eigenvalue weighted by Gasteiger charge is 2.32. The van der Waals surface area contributed by atoms with Gasteiger partial charge in [0.25, 0.3) is 0 Å². The number of halogens is 5. The predicted octanol–water partition coefficient (Wildman–Crippen LogP) is 5.55. The molecule has 6 nitrogen and oxygen atoms in total. The molecule has 1 aliphatic rings. The van der Waals surface area contributed by atoms with Crippen molar-refractivity contribution in [2.24, 2.45) is 0 Å². The Morgan fingerprint density at radius 3 is 2.18 bits per heavy atom. The van der Waals surface area contributed by atoms with E-state index in [4.69, 9.17) is 23.2 Å². The molecule has 0 unspecified atom stereocenters. The minimum atomic E-state index is -4.45. The Morgan fingerprint density at radius 2 is 1.55 bits per heavy atom. The molecule has 4 rings (SSSR count). The number of hydrogen-bond donors (Lipinski definition) is 0. The summed E-state index contributed by atoms with van der Waals surface area (Å²) in [6.45, 7) is 0.523. The number of nitrogens with zero attached hydrogens (tertiary/aromatic N) is 3. The summed E-state index contributed by atoms with van der Waals surface area (Å²) in [6, 6.07) is 17.5. The highest BCUT2D eigenvalue weighted by Crippen LogP contribution is 2.32. The van der Waals surface area contributed by atoms with Gasteiger partial charge in [-0.05, 0) is 54.1 Å². The maximum atomic E-state index is 13.5. The molecular weight excluding hydrogens is 562 g/mol. The lowest BCUT2D eigenvalue weighted by Gasteiger charge is -2.37. The fourth-order valence-electron chi connectivity index (χ4n) is 4.14. The first-order valence-corrected chi connectivity index (χ1v) is 13.8. The zero-order chi connectivity index (χ0) is 27.5. The van der Waals surface area contributed by atoms with Gasteiger partial charge in [0.1, 0.15) is 0 Å². The summed E-state index contributed by atoms with van der Waals surface area (Å²) >= 11 is 12.2. The Labute approximate surface area is 229 Å². The number of hydrogen-bond acceptors (Lipinski definition) is 4. The molecule has 0 spiro atoms. The number of piperazine rings is 1. The molecule has 3 aromatic carbocycles. The summed E-state index contributed by atoms with van der Waals surface area (Å²) in [5.41, 5.74) is 0.211. The molecule has 1 aliphatic heterocycles. The Bertz CT molecular complexity index is 1390. The summed E-state index contributed by atoms with van der Waals surface area (Å²) in [5, 5.41) is 0.738. The zero-order valence-electron chi connectivity index (χ0n) is 20.0. The van der Waals surface area contributed by atoms with Gasteiger partial charge in [0.15, 0.2) is 0 Å². The molecule has 0 atom stereocenters. The molecule has 0 saturated carbocycles. The first kappa shape index (κ1) is 28.2. The van der Waals surface area contributed by atoms with Crippen molar-refractivity contribution in [1.29, 1.82) is 0 Å². The van der Waals surface area contributed by atoms with Crippen LogP contribution in [-0.4, -0.2) is 56.3 Å². The number of alkyl halides is 3. The molecule has 0 radical (unpaired) electrons. The van der Waals surface area contributed by atoms with Gasteiger partial charge in [-0.1, -0.05) is 47.5 Å². The van der Waals surface area contributed by atoms with Crippen LogP contribution in [0.15, 0.2) is 77.7 Å². The maximum absolute atomic E-state index is 13.5. The van der Waals surface area contributed by atoms with E-state index in [1.807, 2.05) is 0 Å². The van der Waals surface area contributed by atoms with Crippen LogP contribution in [0, 0.1) is 0 Å². The number of anilines is 1. The molecule has 3 aromatic rings. The molecule has 0 bridgehead atoms. The fourth-order valence-corrected chi connectivity index (χ4v) is 5.83. The molecule has 0 N–H and O–H groups in total. The molecule has 1 heterocycles. The van der Waals surface area contributed by atoms with Crippen LogP contribution >= 0.6 is 23.2 Å². The van der Waals surface area contributed by atoms with Gasteiger partial charge in [-0.2, -0.15) is 17.5 Å². The molecule has 1 amide bonds. The van der Waals surface area contributed by atoms with Crippen molar-refractivity contribution in [1.82, 2.24) is 9.21 Å². The van der Waals surface area contributed by atoms with Crippen molar-refractivity contribution in [3.8, 4) is 0 Å². The number of amides is 1. The van der Waals surface area contributed by atoms with Crippen molar-refractivity contribution in [2.75, 3.05) is 37.6 Å². The maximum Gasteiger partial charge on any atom is 0.416 e. The minimum Gasteiger partial charge on any atom is -0.368 e. The highest BCUT2D eigenvalue weighted by molar-refractivity contribution is 7.89. The van der Waals surface area contributed by atoms with Crippen LogP contribution in [0.2, 0.25) is 10.0 Å². The largest absolute Gasteiger partial charge is 0.416 e. The van der Waals surface area contributed by atoms with Crippen molar-refractivity contribution in [3.05, 3.63) is 94.0 Å². The molecule has 0 aliphatic carbocycles. The van der Waals surface area contributed by atoms with E-state index in [0.29, 0.717) is 34.4 Å². The third-order valence-electron chi connectivity index (χ3n) is 6.24. The Morgan fingerprint density at radius 1 is 0.895 bits per heavy atom. The van der Waals surface area contributed by atoms with E-state index >= 15 is 0 Å². The summed E-state index contributed by atoms with van der Waals surface area (Å²) in [6.07, 6.45) is -4.45. The van der Waals surface area contributed by atoms with Gasteiger partial charge >= 0.3 is 6.18 Å². The summed E-state index contributed by atoms with van der Waals surface area (Å²) in [7, 11) is -4.09. The average molecular weight is 586 g/mol. The van der Waals surface area contributed by atoms with Crippen molar-refractivity contribution in [2.45, 2.75) is 17.6 Å². The number of rotatable bonds is 7. The van der Waals surface area contributed by atoms with E-state index in [2.05, 4.69) is 0 Å². The minimum absolute atomic E-state index is 0.0175. The van der Waals surface area contributed by atoms with Crippen molar-refractivity contribution in [3.63, 3.8) is 0 Å². The number of benzene rings is 3. The molecular formula is C26H24Cl2F3N3O3S. The third-order valence-corrected chi connectivity index (χ3v) is 8.67. The van der Waals surface area contributed by atoms with Gasteiger partial charge in [0.2, 0.25) is 15.9 Å². The van der Waals surface area contributed by atoms with Crippen LogP contribution in [0.4, 0.5) is 18.9 Å². The van der Waals surface area contributed by atoms with Crippen LogP contribution in [0.25, 0.3) is 0 Å². The molecule has 12 heteroatoms. The van der Waals surface area contributed by atoms with Crippen LogP contribution in [0.3, 0.4) is 0 Å². The second-order valence-electron chi connectivity index (χ2n) is 8.73. The van der Waals surface area contributed by atoms with Gasteiger partial charge in [-0.25, -0.2) is 8.42 Å². The highest BCUT2D eigenvalue weighted by atomic mass is 35.5. The fraction of sp³-hybridized carbons (Fsp3) is 0.269.